The van der Waals surface area contributed by atoms with Crippen molar-refractivity contribution in [2.45, 2.75) is 0 Å². The lowest BCUT2D eigenvalue weighted by Gasteiger charge is -2.15. The molecule has 3 aromatic heterocycles. The zero-order valence-electron chi connectivity index (χ0n) is 33.4. The van der Waals surface area contributed by atoms with Crippen LogP contribution in [0.15, 0.2) is 212 Å². The smallest absolute Gasteiger partial charge is 0.164 e. The molecule has 13 rings (SSSR count). The number of hydrogen-bond donors (Lipinski definition) is 0. The molecule has 0 saturated heterocycles. The fourth-order valence-electron chi connectivity index (χ4n) is 9.65. The van der Waals surface area contributed by atoms with Crippen LogP contribution in [0.4, 0.5) is 0 Å². The predicted octanol–water partition coefficient (Wildman–Crippen LogP) is 14.5. The van der Waals surface area contributed by atoms with Crippen molar-refractivity contribution >= 4 is 75.9 Å². The van der Waals surface area contributed by atoms with Crippen molar-refractivity contribution < 1.29 is 0 Å². The summed E-state index contributed by atoms with van der Waals surface area (Å²) in [6.07, 6.45) is 0. The molecular weight excluding hydrogens is 755 g/mol. The van der Waals surface area contributed by atoms with Crippen LogP contribution in [0.5, 0.6) is 0 Å². The van der Waals surface area contributed by atoms with Crippen LogP contribution in [0.2, 0.25) is 0 Å². The van der Waals surface area contributed by atoms with Gasteiger partial charge < -0.3 is 9.13 Å². The van der Waals surface area contributed by atoms with Crippen LogP contribution in [-0.4, -0.2) is 24.1 Å². The van der Waals surface area contributed by atoms with Crippen LogP contribution in [0, 0.1) is 0 Å². The van der Waals surface area contributed by atoms with E-state index in [-0.39, 0.29) is 0 Å². The zero-order valence-corrected chi connectivity index (χ0v) is 33.4. The Bertz CT molecular complexity index is 3860. The van der Waals surface area contributed by atoms with E-state index in [9.17, 15) is 0 Å². The van der Waals surface area contributed by atoms with Gasteiger partial charge in [0.25, 0.3) is 0 Å². The number of benzene rings is 10. The van der Waals surface area contributed by atoms with E-state index in [0.29, 0.717) is 17.5 Å². The van der Waals surface area contributed by atoms with Crippen molar-refractivity contribution in [3.05, 3.63) is 212 Å². The van der Waals surface area contributed by atoms with E-state index in [4.69, 9.17) is 15.0 Å². The van der Waals surface area contributed by atoms with Crippen LogP contribution in [-0.2, 0) is 0 Å². The third kappa shape index (κ3) is 5.32. The van der Waals surface area contributed by atoms with E-state index in [1.165, 1.54) is 54.1 Å². The average Bonchev–Trinajstić information content (AvgIpc) is 3.86. The highest BCUT2D eigenvalue weighted by Gasteiger charge is 2.20. The Hall–Kier alpha value is -8.41. The molecule has 3 heterocycles. The average molecular weight is 790 g/mol. The second-order valence-corrected chi connectivity index (χ2v) is 16.0. The molecule has 5 heteroatoms. The highest BCUT2D eigenvalue weighted by molar-refractivity contribution is 6.19. The molecule has 0 fully saturated rings. The molecule has 0 radical (unpaired) electrons. The normalized spacial score (nSPS) is 11.9. The van der Waals surface area contributed by atoms with Gasteiger partial charge in [-0.05, 0) is 75.5 Å². The Morgan fingerprint density at radius 2 is 0.823 bits per heavy atom. The van der Waals surface area contributed by atoms with Gasteiger partial charge in [-0.2, -0.15) is 0 Å². The lowest BCUT2D eigenvalue weighted by atomic mass is 10.0. The number of para-hydroxylation sites is 2. The fourth-order valence-corrected chi connectivity index (χ4v) is 9.65. The summed E-state index contributed by atoms with van der Waals surface area (Å²) in [6, 6.07) is 75.8. The number of fused-ring (bicyclic) bond motifs is 10. The summed E-state index contributed by atoms with van der Waals surface area (Å²) in [6.45, 7) is 0. The van der Waals surface area contributed by atoms with Crippen LogP contribution in [0.25, 0.3) is 121 Å². The highest BCUT2D eigenvalue weighted by atomic mass is 15.0. The maximum atomic E-state index is 5.20. The Balaban J connectivity index is 1.06. The summed E-state index contributed by atoms with van der Waals surface area (Å²) >= 11 is 0. The molecule has 0 bridgehead atoms. The molecule has 62 heavy (non-hydrogen) atoms. The van der Waals surface area contributed by atoms with Gasteiger partial charge in [-0.25, -0.2) is 15.0 Å². The standard InChI is InChI=1S/C57H35N5/c1-3-16-37(17-4-1)55-58-56(38-18-5-2-6-19-38)60-57(59-55)50-35-43(31-40-20-8-9-21-44(40)50)61-51-25-13-12-24-47(51)49-33-39-27-29-42(32-41(39)34-53(49)61)62-52-26-14-11-23-46(52)48-30-28-36-15-7-10-22-45(36)54(48)62/h1-35H. The van der Waals surface area contributed by atoms with Crippen molar-refractivity contribution in [1.29, 1.82) is 0 Å². The van der Waals surface area contributed by atoms with Crippen molar-refractivity contribution in [2.75, 3.05) is 0 Å². The van der Waals surface area contributed by atoms with Gasteiger partial charge in [-0.1, -0.05) is 164 Å². The van der Waals surface area contributed by atoms with Crippen LogP contribution >= 0.6 is 0 Å². The first-order valence-corrected chi connectivity index (χ1v) is 21.0. The third-order valence-corrected chi connectivity index (χ3v) is 12.5. The Morgan fingerprint density at radius 3 is 1.55 bits per heavy atom. The Labute approximate surface area is 356 Å². The predicted molar refractivity (Wildman–Crippen MR) is 257 cm³/mol. The molecule has 0 aliphatic rings. The molecule has 0 aliphatic heterocycles. The van der Waals surface area contributed by atoms with Crippen LogP contribution in [0.1, 0.15) is 0 Å². The van der Waals surface area contributed by atoms with Gasteiger partial charge in [0.1, 0.15) is 0 Å². The van der Waals surface area contributed by atoms with Gasteiger partial charge in [-0.3, -0.25) is 0 Å². The molecule has 0 unspecified atom stereocenters. The van der Waals surface area contributed by atoms with Gasteiger partial charge in [0.05, 0.1) is 22.1 Å². The maximum Gasteiger partial charge on any atom is 0.164 e. The summed E-state index contributed by atoms with van der Waals surface area (Å²) in [4.78, 5) is 15.4. The molecule has 0 N–H and O–H groups in total. The van der Waals surface area contributed by atoms with Crippen molar-refractivity contribution in [3.63, 3.8) is 0 Å². The number of aromatic nitrogens is 5. The number of hydrogen-bond acceptors (Lipinski definition) is 3. The first kappa shape index (κ1) is 34.5. The lowest BCUT2D eigenvalue weighted by molar-refractivity contribution is 1.07. The summed E-state index contributed by atoms with van der Waals surface area (Å²) in [5.74, 6) is 1.91. The Kier molecular flexibility index (Phi) is 7.54. The minimum absolute atomic E-state index is 0.630. The highest BCUT2D eigenvalue weighted by Crippen LogP contribution is 2.41. The van der Waals surface area contributed by atoms with Gasteiger partial charge in [0.15, 0.2) is 17.5 Å². The largest absolute Gasteiger partial charge is 0.309 e. The number of nitrogens with zero attached hydrogens (tertiary/aromatic N) is 5. The third-order valence-electron chi connectivity index (χ3n) is 12.5. The monoisotopic (exact) mass is 789 g/mol. The second-order valence-electron chi connectivity index (χ2n) is 16.0. The quantitative estimate of drug-likeness (QED) is 0.174. The van der Waals surface area contributed by atoms with Crippen LogP contribution < -0.4 is 0 Å². The SMILES string of the molecule is c1ccc(-c2nc(-c3ccccc3)nc(-c3cc(-n4c5ccccc5c5cc6ccc(-n7c8ccccc8c8ccc9ccccc9c87)cc6cc54)cc4ccccc34)n2)cc1. The molecule has 0 saturated carbocycles. The summed E-state index contributed by atoms with van der Waals surface area (Å²) in [5, 5.41) is 11.9. The minimum Gasteiger partial charge on any atom is -0.309 e. The van der Waals surface area contributed by atoms with Crippen molar-refractivity contribution in [1.82, 2.24) is 24.1 Å². The zero-order chi connectivity index (χ0) is 40.7. The van der Waals surface area contributed by atoms with Crippen molar-refractivity contribution in [2.24, 2.45) is 0 Å². The van der Waals surface area contributed by atoms with Gasteiger partial charge in [0.2, 0.25) is 0 Å². The molecular formula is C57H35N5. The molecule has 10 aromatic carbocycles. The molecule has 0 amide bonds. The fraction of sp³-hybridized carbons (Fsp3) is 0. The molecule has 0 atom stereocenters. The first-order valence-electron chi connectivity index (χ1n) is 21.0. The summed E-state index contributed by atoms with van der Waals surface area (Å²) < 4.78 is 4.86. The van der Waals surface area contributed by atoms with Gasteiger partial charge >= 0.3 is 0 Å². The molecule has 5 nitrogen and oxygen atoms in total. The van der Waals surface area contributed by atoms with E-state index in [1.54, 1.807) is 0 Å². The molecule has 0 aliphatic carbocycles. The number of rotatable bonds is 5. The first-order chi connectivity index (χ1) is 30.7. The van der Waals surface area contributed by atoms with Gasteiger partial charge in [-0.15, -0.1) is 0 Å². The maximum absolute atomic E-state index is 5.20. The van der Waals surface area contributed by atoms with E-state index in [1.807, 2.05) is 36.4 Å². The van der Waals surface area contributed by atoms with Crippen molar-refractivity contribution in [3.8, 4) is 45.5 Å². The van der Waals surface area contributed by atoms with E-state index in [2.05, 4.69) is 185 Å². The van der Waals surface area contributed by atoms with Crippen LogP contribution in [0.3, 0.4) is 0 Å². The minimum atomic E-state index is 0.630. The summed E-state index contributed by atoms with van der Waals surface area (Å²) in [7, 11) is 0. The molecule has 13 aromatic rings. The molecule has 0 spiro atoms. The van der Waals surface area contributed by atoms with Gasteiger partial charge in [0, 0.05) is 55.0 Å². The lowest BCUT2D eigenvalue weighted by Crippen LogP contribution is -2.02. The summed E-state index contributed by atoms with van der Waals surface area (Å²) in [5.41, 5.74) is 9.70. The van der Waals surface area contributed by atoms with E-state index >= 15 is 0 Å². The topological polar surface area (TPSA) is 48.5 Å². The Morgan fingerprint density at radius 1 is 0.274 bits per heavy atom. The van der Waals surface area contributed by atoms with E-state index < -0.39 is 0 Å². The molecule has 288 valence electrons. The second kappa shape index (κ2) is 13.6. The van der Waals surface area contributed by atoms with E-state index in [0.717, 1.165) is 49.9 Å².